The van der Waals surface area contributed by atoms with Crippen LogP contribution >= 0.6 is 0 Å². The maximum Gasteiger partial charge on any atom is 0.396 e. The van der Waals surface area contributed by atoms with Gasteiger partial charge < -0.3 is 10.0 Å². The van der Waals surface area contributed by atoms with Gasteiger partial charge in [-0.3, -0.25) is 9.59 Å². The van der Waals surface area contributed by atoms with Crippen molar-refractivity contribution in [2.24, 2.45) is 11.8 Å². The van der Waals surface area contributed by atoms with Gasteiger partial charge in [-0.25, -0.2) is 0 Å². The average Bonchev–Trinajstić information content (AvgIpc) is 2.51. The van der Waals surface area contributed by atoms with Gasteiger partial charge in [-0.05, 0) is 17.9 Å². The van der Waals surface area contributed by atoms with Crippen LogP contribution in [0.4, 0.5) is 13.2 Å². The fourth-order valence-electron chi connectivity index (χ4n) is 3.15. The Balaban J connectivity index is 2.14. The first-order valence-corrected chi connectivity index (χ1v) is 7.80. The van der Waals surface area contributed by atoms with Crippen LogP contribution in [-0.2, 0) is 9.59 Å². The number of carbonyl (C=O) groups is 2. The summed E-state index contributed by atoms with van der Waals surface area (Å²) < 4.78 is 40.1. The molecule has 132 valence electrons. The van der Waals surface area contributed by atoms with Crippen molar-refractivity contribution in [3.8, 4) is 0 Å². The number of hydrogen-bond acceptors (Lipinski definition) is 2. The molecule has 1 fully saturated rings. The number of halogens is 3. The second kappa shape index (κ2) is 7.23. The van der Waals surface area contributed by atoms with Gasteiger partial charge in [0.05, 0.1) is 11.8 Å². The molecule has 0 radical (unpaired) electrons. The molecule has 24 heavy (non-hydrogen) atoms. The number of hydrogen-bond donors (Lipinski definition) is 1. The minimum Gasteiger partial charge on any atom is -0.481 e. The molecule has 1 N–H and O–H groups in total. The van der Waals surface area contributed by atoms with Crippen LogP contribution in [0.1, 0.15) is 31.2 Å². The monoisotopic (exact) mass is 343 g/mol. The lowest BCUT2D eigenvalue weighted by Gasteiger charge is -2.35. The molecule has 1 amide bonds. The van der Waals surface area contributed by atoms with Crippen molar-refractivity contribution in [3.05, 3.63) is 35.9 Å². The fraction of sp³-hybridized carbons (Fsp3) is 0.529. The number of alkyl halides is 3. The number of rotatable bonds is 4. The van der Waals surface area contributed by atoms with Crippen LogP contribution < -0.4 is 0 Å². The van der Waals surface area contributed by atoms with Crippen molar-refractivity contribution in [2.45, 2.75) is 31.9 Å². The summed E-state index contributed by atoms with van der Waals surface area (Å²) in [6.45, 7) is 2.06. The lowest BCUT2D eigenvalue weighted by molar-refractivity contribution is -0.162. The van der Waals surface area contributed by atoms with Gasteiger partial charge in [0.15, 0.2) is 0 Å². The van der Waals surface area contributed by atoms with Gasteiger partial charge in [0.25, 0.3) is 0 Å². The highest BCUT2D eigenvalue weighted by molar-refractivity contribution is 5.79. The van der Waals surface area contributed by atoms with Gasteiger partial charge >= 0.3 is 12.1 Å². The summed E-state index contributed by atoms with van der Waals surface area (Å²) in [6.07, 6.45) is -4.81. The van der Waals surface area contributed by atoms with Crippen LogP contribution in [0.15, 0.2) is 30.3 Å². The Kier molecular flexibility index (Phi) is 5.51. The van der Waals surface area contributed by atoms with Crippen LogP contribution in [0.25, 0.3) is 0 Å². The Morgan fingerprint density at radius 2 is 1.88 bits per heavy atom. The molecule has 0 aliphatic carbocycles. The van der Waals surface area contributed by atoms with Crippen LogP contribution in [-0.4, -0.2) is 41.1 Å². The Hall–Kier alpha value is -2.05. The highest BCUT2D eigenvalue weighted by Crippen LogP contribution is 2.38. The number of carboxylic acid groups (broad SMARTS) is 1. The molecule has 3 unspecified atom stereocenters. The SMILES string of the molecule is CC1CC(C(=O)O)CN(C(=O)CC(c2ccccc2)C(F)(F)F)C1. The second-order valence-corrected chi connectivity index (χ2v) is 6.38. The van der Waals surface area contributed by atoms with Gasteiger partial charge in [-0.2, -0.15) is 13.2 Å². The number of nitrogens with zero attached hydrogens (tertiary/aromatic N) is 1. The first-order chi connectivity index (χ1) is 11.2. The Labute approximate surface area is 138 Å². The molecule has 0 spiro atoms. The predicted octanol–water partition coefficient (Wildman–Crippen LogP) is 3.29. The zero-order chi connectivity index (χ0) is 17.9. The van der Waals surface area contributed by atoms with Gasteiger partial charge in [0.2, 0.25) is 5.91 Å². The minimum absolute atomic E-state index is 0.0299. The smallest absolute Gasteiger partial charge is 0.396 e. The molecule has 1 aliphatic rings. The number of carboxylic acids is 1. The number of amides is 1. The summed E-state index contributed by atoms with van der Waals surface area (Å²) >= 11 is 0. The van der Waals surface area contributed by atoms with Crippen molar-refractivity contribution in [3.63, 3.8) is 0 Å². The maximum absolute atomic E-state index is 13.4. The van der Waals surface area contributed by atoms with Gasteiger partial charge in [0.1, 0.15) is 0 Å². The normalized spacial score (nSPS) is 22.9. The molecule has 0 aromatic heterocycles. The van der Waals surface area contributed by atoms with E-state index in [1.807, 2.05) is 0 Å². The van der Waals surface area contributed by atoms with Crippen molar-refractivity contribution in [2.75, 3.05) is 13.1 Å². The topological polar surface area (TPSA) is 57.6 Å². The van der Waals surface area contributed by atoms with E-state index in [2.05, 4.69) is 0 Å². The predicted molar refractivity (Wildman–Crippen MR) is 81.3 cm³/mol. The molecule has 1 aliphatic heterocycles. The maximum atomic E-state index is 13.4. The van der Waals surface area contributed by atoms with Gasteiger partial charge in [-0.15, -0.1) is 0 Å². The standard InChI is InChI=1S/C17H20F3NO3/c1-11-7-13(16(23)24)10-21(9-11)15(22)8-14(17(18,19)20)12-5-3-2-4-6-12/h2-6,11,13-14H,7-10H2,1H3,(H,23,24). The molecule has 1 saturated heterocycles. The van der Waals surface area contributed by atoms with E-state index in [1.165, 1.54) is 29.2 Å². The zero-order valence-electron chi connectivity index (χ0n) is 13.3. The molecule has 1 aromatic carbocycles. The fourth-order valence-corrected chi connectivity index (χ4v) is 3.15. The van der Waals surface area contributed by atoms with E-state index in [4.69, 9.17) is 5.11 Å². The first kappa shape index (κ1) is 18.3. The van der Waals surface area contributed by atoms with E-state index in [0.29, 0.717) is 13.0 Å². The van der Waals surface area contributed by atoms with Crippen LogP contribution in [0.2, 0.25) is 0 Å². The summed E-state index contributed by atoms with van der Waals surface area (Å²) in [5.41, 5.74) is 0.0400. The highest BCUT2D eigenvalue weighted by atomic mass is 19.4. The zero-order valence-corrected chi connectivity index (χ0v) is 13.3. The largest absolute Gasteiger partial charge is 0.481 e. The molecule has 2 rings (SSSR count). The van der Waals surface area contributed by atoms with Crippen LogP contribution in [0, 0.1) is 11.8 Å². The molecule has 0 saturated carbocycles. The molecular formula is C17H20F3NO3. The highest BCUT2D eigenvalue weighted by Gasteiger charge is 2.43. The van der Waals surface area contributed by atoms with Crippen molar-refractivity contribution in [1.82, 2.24) is 4.90 Å². The van der Waals surface area contributed by atoms with Crippen LogP contribution in [0.5, 0.6) is 0 Å². The Morgan fingerprint density at radius 1 is 1.25 bits per heavy atom. The van der Waals surface area contributed by atoms with Crippen molar-refractivity contribution < 1.29 is 27.9 Å². The third kappa shape index (κ3) is 4.49. The van der Waals surface area contributed by atoms with E-state index in [0.717, 1.165) is 0 Å². The van der Waals surface area contributed by atoms with Gasteiger partial charge in [-0.1, -0.05) is 37.3 Å². The Morgan fingerprint density at radius 3 is 2.42 bits per heavy atom. The average molecular weight is 343 g/mol. The van der Waals surface area contributed by atoms with Gasteiger partial charge in [0, 0.05) is 19.5 Å². The van der Waals surface area contributed by atoms with E-state index in [9.17, 15) is 22.8 Å². The number of benzene rings is 1. The molecule has 1 aromatic rings. The lowest BCUT2D eigenvalue weighted by atomic mass is 9.89. The third-order valence-electron chi connectivity index (χ3n) is 4.34. The number of aliphatic carboxylic acids is 1. The molecule has 0 bridgehead atoms. The van der Waals surface area contributed by atoms with Crippen molar-refractivity contribution in [1.29, 1.82) is 0 Å². The number of piperidine rings is 1. The first-order valence-electron chi connectivity index (χ1n) is 7.80. The van der Waals surface area contributed by atoms with E-state index in [1.54, 1.807) is 13.0 Å². The summed E-state index contributed by atoms with van der Waals surface area (Å²) in [5, 5.41) is 9.13. The van der Waals surface area contributed by atoms with Crippen LogP contribution in [0.3, 0.4) is 0 Å². The summed E-state index contributed by atoms with van der Waals surface area (Å²) in [7, 11) is 0. The quantitative estimate of drug-likeness (QED) is 0.913. The van der Waals surface area contributed by atoms with E-state index < -0.39 is 36.3 Å². The number of likely N-dealkylation sites (tertiary alicyclic amines) is 1. The van der Waals surface area contributed by atoms with E-state index in [-0.39, 0.29) is 18.0 Å². The molecule has 4 nitrogen and oxygen atoms in total. The second-order valence-electron chi connectivity index (χ2n) is 6.38. The molecule has 1 heterocycles. The minimum atomic E-state index is -4.54. The molecular weight excluding hydrogens is 323 g/mol. The third-order valence-corrected chi connectivity index (χ3v) is 4.34. The number of carbonyl (C=O) groups excluding carboxylic acids is 1. The van der Waals surface area contributed by atoms with E-state index >= 15 is 0 Å². The van der Waals surface area contributed by atoms with Crippen molar-refractivity contribution >= 4 is 11.9 Å². The summed E-state index contributed by atoms with van der Waals surface area (Å²) in [4.78, 5) is 24.8. The Bertz CT molecular complexity index is 588. The summed E-state index contributed by atoms with van der Waals surface area (Å²) in [5.74, 6) is -4.33. The summed E-state index contributed by atoms with van der Waals surface area (Å²) in [6, 6.07) is 7.32. The molecule has 7 heteroatoms. The molecule has 3 atom stereocenters. The lowest BCUT2D eigenvalue weighted by Crippen LogP contribution is -2.46.